The van der Waals surface area contributed by atoms with E-state index in [9.17, 15) is 0 Å². The molecule has 29 heavy (non-hydrogen) atoms. The molecule has 0 unspecified atom stereocenters. The van der Waals surface area contributed by atoms with E-state index in [0.29, 0.717) is 12.5 Å². The minimum absolute atomic E-state index is 0.494. The fourth-order valence-corrected chi connectivity index (χ4v) is 2.91. The first-order chi connectivity index (χ1) is 14.3. The van der Waals surface area contributed by atoms with Gasteiger partial charge in [0.1, 0.15) is 11.6 Å². The van der Waals surface area contributed by atoms with Crippen LogP contribution in [-0.4, -0.2) is 22.1 Å². The van der Waals surface area contributed by atoms with Crippen LogP contribution in [0.25, 0.3) is 11.3 Å². The number of pyridine rings is 1. The number of methoxy groups -OCH3 is 1. The van der Waals surface area contributed by atoms with Crippen LogP contribution >= 0.6 is 0 Å². The number of nitrogens with zero attached hydrogens (tertiary/aromatic N) is 3. The number of anilines is 3. The monoisotopic (exact) mass is 383 g/mol. The third-order valence-electron chi connectivity index (χ3n) is 4.37. The van der Waals surface area contributed by atoms with Gasteiger partial charge >= 0.3 is 0 Å². The number of ether oxygens (including phenoxy) is 1. The van der Waals surface area contributed by atoms with E-state index in [1.165, 1.54) is 0 Å². The Balaban J connectivity index is 1.66. The number of rotatable bonds is 7. The first-order valence-electron chi connectivity index (χ1n) is 9.29. The average molecular weight is 383 g/mol. The molecule has 4 aromatic rings. The quantitative estimate of drug-likeness (QED) is 0.473. The molecule has 0 saturated carbocycles. The van der Waals surface area contributed by atoms with E-state index in [1.807, 2.05) is 72.8 Å². The number of para-hydroxylation sites is 2. The highest BCUT2D eigenvalue weighted by atomic mass is 16.5. The van der Waals surface area contributed by atoms with E-state index in [4.69, 9.17) is 9.72 Å². The molecule has 4 rings (SSSR count). The standard InChI is InChI=1S/C23H21N5O/c1-29-21-10-6-5-9-19(21)26-23-27-20(18-7-3-2-4-8-18)15-22(28-23)25-16-17-11-13-24-14-12-17/h2-15H,16H2,1H3,(H2,25,26,27,28). The second-order valence-electron chi connectivity index (χ2n) is 6.36. The largest absolute Gasteiger partial charge is 0.495 e. The fraction of sp³-hybridized carbons (Fsp3) is 0.0870. The molecule has 144 valence electrons. The molecule has 6 nitrogen and oxygen atoms in total. The smallest absolute Gasteiger partial charge is 0.229 e. The minimum atomic E-state index is 0.494. The van der Waals surface area contributed by atoms with Crippen LogP contribution < -0.4 is 15.4 Å². The summed E-state index contributed by atoms with van der Waals surface area (Å²) in [6, 6.07) is 23.6. The third-order valence-corrected chi connectivity index (χ3v) is 4.37. The van der Waals surface area contributed by atoms with Gasteiger partial charge in [-0.05, 0) is 29.8 Å². The van der Waals surface area contributed by atoms with Crippen LogP contribution in [-0.2, 0) is 6.54 Å². The zero-order valence-electron chi connectivity index (χ0n) is 16.0. The zero-order valence-corrected chi connectivity index (χ0v) is 16.0. The van der Waals surface area contributed by atoms with Gasteiger partial charge in [0.25, 0.3) is 0 Å². The average Bonchev–Trinajstić information content (AvgIpc) is 2.79. The summed E-state index contributed by atoms with van der Waals surface area (Å²) in [5, 5.41) is 6.65. The molecule has 0 spiro atoms. The molecule has 0 fully saturated rings. The van der Waals surface area contributed by atoms with Crippen molar-refractivity contribution in [1.82, 2.24) is 15.0 Å². The Morgan fingerprint density at radius 1 is 0.862 bits per heavy atom. The summed E-state index contributed by atoms with van der Waals surface area (Å²) in [4.78, 5) is 13.4. The SMILES string of the molecule is COc1ccccc1Nc1nc(NCc2ccncc2)cc(-c2ccccc2)n1. The molecule has 0 aliphatic carbocycles. The number of hydrogen-bond donors (Lipinski definition) is 2. The topological polar surface area (TPSA) is 72.0 Å². The maximum absolute atomic E-state index is 5.43. The maximum Gasteiger partial charge on any atom is 0.229 e. The molecule has 0 radical (unpaired) electrons. The van der Waals surface area contributed by atoms with Crippen LogP contribution in [0.2, 0.25) is 0 Å². The van der Waals surface area contributed by atoms with Crippen molar-refractivity contribution in [3.63, 3.8) is 0 Å². The molecule has 0 amide bonds. The predicted molar refractivity (Wildman–Crippen MR) is 115 cm³/mol. The Morgan fingerprint density at radius 2 is 1.62 bits per heavy atom. The van der Waals surface area contributed by atoms with E-state index in [-0.39, 0.29) is 0 Å². The number of hydrogen-bond acceptors (Lipinski definition) is 6. The van der Waals surface area contributed by atoms with Crippen LogP contribution in [0, 0.1) is 0 Å². The predicted octanol–water partition coefficient (Wildman–Crippen LogP) is 4.90. The van der Waals surface area contributed by atoms with E-state index in [2.05, 4.69) is 20.6 Å². The summed E-state index contributed by atoms with van der Waals surface area (Å²) in [6.07, 6.45) is 3.56. The van der Waals surface area contributed by atoms with Crippen LogP contribution in [0.3, 0.4) is 0 Å². The van der Waals surface area contributed by atoms with Crippen molar-refractivity contribution in [3.05, 3.63) is 90.8 Å². The summed E-state index contributed by atoms with van der Waals surface area (Å²) in [5.41, 5.74) is 3.78. The van der Waals surface area contributed by atoms with Gasteiger partial charge in [0.2, 0.25) is 5.95 Å². The number of benzene rings is 2. The van der Waals surface area contributed by atoms with Crippen molar-refractivity contribution in [2.75, 3.05) is 17.7 Å². The van der Waals surface area contributed by atoms with E-state index in [1.54, 1.807) is 19.5 Å². The van der Waals surface area contributed by atoms with Crippen molar-refractivity contribution in [3.8, 4) is 17.0 Å². The van der Waals surface area contributed by atoms with E-state index < -0.39 is 0 Å². The summed E-state index contributed by atoms with van der Waals surface area (Å²) < 4.78 is 5.43. The van der Waals surface area contributed by atoms with Gasteiger partial charge in [-0.15, -0.1) is 0 Å². The Bertz CT molecular complexity index is 1070. The van der Waals surface area contributed by atoms with Crippen molar-refractivity contribution >= 4 is 17.5 Å². The molecule has 0 aliphatic heterocycles. The lowest BCUT2D eigenvalue weighted by Gasteiger charge is -2.13. The molecule has 2 aromatic carbocycles. The highest BCUT2D eigenvalue weighted by molar-refractivity contribution is 5.68. The second kappa shape index (κ2) is 8.84. The molecule has 2 heterocycles. The lowest BCUT2D eigenvalue weighted by molar-refractivity contribution is 0.417. The van der Waals surface area contributed by atoms with Crippen LogP contribution in [0.4, 0.5) is 17.5 Å². The Kier molecular flexibility index (Phi) is 5.62. The molecular formula is C23H21N5O. The normalized spacial score (nSPS) is 10.4. The van der Waals surface area contributed by atoms with Gasteiger partial charge in [-0.1, -0.05) is 42.5 Å². The number of aromatic nitrogens is 3. The lowest BCUT2D eigenvalue weighted by atomic mass is 10.1. The lowest BCUT2D eigenvalue weighted by Crippen LogP contribution is -2.06. The molecule has 2 N–H and O–H groups in total. The summed E-state index contributed by atoms with van der Waals surface area (Å²) in [7, 11) is 1.64. The van der Waals surface area contributed by atoms with Crippen molar-refractivity contribution < 1.29 is 4.74 Å². The first-order valence-corrected chi connectivity index (χ1v) is 9.29. The molecular weight excluding hydrogens is 362 g/mol. The van der Waals surface area contributed by atoms with Crippen LogP contribution in [0.15, 0.2) is 85.2 Å². The van der Waals surface area contributed by atoms with Crippen LogP contribution in [0.5, 0.6) is 5.75 Å². The van der Waals surface area contributed by atoms with Gasteiger partial charge in [-0.25, -0.2) is 4.98 Å². The van der Waals surface area contributed by atoms with Crippen LogP contribution in [0.1, 0.15) is 5.56 Å². The van der Waals surface area contributed by atoms with Gasteiger partial charge in [0, 0.05) is 30.6 Å². The molecule has 6 heteroatoms. The summed E-state index contributed by atoms with van der Waals surface area (Å²) >= 11 is 0. The van der Waals surface area contributed by atoms with Gasteiger partial charge in [0.15, 0.2) is 0 Å². The molecule has 0 aliphatic rings. The Labute approximate surface area is 169 Å². The van der Waals surface area contributed by atoms with Crippen molar-refractivity contribution in [2.45, 2.75) is 6.54 Å². The molecule has 0 bridgehead atoms. The minimum Gasteiger partial charge on any atom is -0.495 e. The Morgan fingerprint density at radius 3 is 2.41 bits per heavy atom. The zero-order chi connectivity index (χ0) is 19.9. The van der Waals surface area contributed by atoms with Gasteiger partial charge in [-0.2, -0.15) is 4.98 Å². The second-order valence-corrected chi connectivity index (χ2v) is 6.36. The van der Waals surface area contributed by atoms with Gasteiger partial charge in [-0.3, -0.25) is 4.98 Å². The maximum atomic E-state index is 5.43. The van der Waals surface area contributed by atoms with Gasteiger partial charge in [0.05, 0.1) is 18.5 Å². The third kappa shape index (κ3) is 4.68. The summed E-state index contributed by atoms with van der Waals surface area (Å²) in [6.45, 7) is 0.641. The fourth-order valence-electron chi connectivity index (χ4n) is 2.91. The highest BCUT2D eigenvalue weighted by Gasteiger charge is 2.09. The van der Waals surface area contributed by atoms with Crippen molar-refractivity contribution in [1.29, 1.82) is 0 Å². The molecule has 0 atom stereocenters. The van der Waals surface area contributed by atoms with E-state index in [0.717, 1.165) is 34.1 Å². The Hall–Kier alpha value is -3.93. The number of nitrogens with one attached hydrogen (secondary N) is 2. The first kappa shape index (κ1) is 18.4. The van der Waals surface area contributed by atoms with E-state index >= 15 is 0 Å². The molecule has 2 aromatic heterocycles. The summed E-state index contributed by atoms with van der Waals surface area (Å²) in [5.74, 6) is 1.95. The van der Waals surface area contributed by atoms with Gasteiger partial charge < -0.3 is 15.4 Å². The molecule has 0 saturated heterocycles. The highest BCUT2D eigenvalue weighted by Crippen LogP contribution is 2.28. The van der Waals surface area contributed by atoms with Crippen molar-refractivity contribution in [2.24, 2.45) is 0 Å².